The van der Waals surface area contributed by atoms with Crippen LogP contribution in [0.3, 0.4) is 0 Å². The fourth-order valence-corrected chi connectivity index (χ4v) is 1.52. The van der Waals surface area contributed by atoms with E-state index >= 15 is 0 Å². The van der Waals surface area contributed by atoms with Crippen molar-refractivity contribution in [1.82, 2.24) is 9.97 Å². The maximum absolute atomic E-state index is 11.8. The molecule has 0 radical (unpaired) electrons. The van der Waals surface area contributed by atoms with Crippen molar-refractivity contribution in [3.05, 3.63) is 28.3 Å². The van der Waals surface area contributed by atoms with E-state index in [1.807, 2.05) is 20.8 Å². The second-order valence-electron chi connectivity index (χ2n) is 5.02. The fourth-order valence-electron chi connectivity index (χ4n) is 1.52. The topological polar surface area (TPSA) is 86.2 Å². The van der Waals surface area contributed by atoms with E-state index in [0.717, 1.165) is 0 Å². The van der Waals surface area contributed by atoms with Gasteiger partial charge in [0, 0.05) is 11.5 Å². The van der Waals surface area contributed by atoms with Gasteiger partial charge in [0.1, 0.15) is 5.82 Å². The highest BCUT2D eigenvalue weighted by atomic mass is 16.3. The quantitative estimate of drug-likeness (QED) is 0.605. The van der Waals surface area contributed by atoms with E-state index < -0.39 is 0 Å². The fraction of sp³-hybridized carbons (Fsp3) is 0.333. The molecule has 2 aromatic rings. The van der Waals surface area contributed by atoms with E-state index in [4.69, 9.17) is 0 Å². The maximum atomic E-state index is 11.8. The molecule has 0 spiro atoms. The molecule has 0 aliphatic rings. The average molecular weight is 234 g/mol. The number of phenols is 2. The summed E-state index contributed by atoms with van der Waals surface area (Å²) in [7, 11) is 0. The number of hydrogen-bond acceptors (Lipinski definition) is 4. The first kappa shape index (κ1) is 11.4. The number of nitrogens with zero attached hydrogens (tertiary/aromatic N) is 1. The van der Waals surface area contributed by atoms with Crippen LogP contribution in [0, 0.1) is 0 Å². The normalized spacial score (nSPS) is 11.9. The van der Waals surface area contributed by atoms with Gasteiger partial charge in [-0.05, 0) is 6.07 Å². The third-order valence-corrected chi connectivity index (χ3v) is 2.51. The molecule has 0 saturated heterocycles. The van der Waals surface area contributed by atoms with E-state index in [-0.39, 0.29) is 27.9 Å². The maximum Gasteiger partial charge on any atom is 0.258 e. The molecular formula is C12H14N2O3. The SMILES string of the molecule is CC(C)(C)c1nc2cc(O)c(O)cc2c(=O)[nH]1. The Hall–Kier alpha value is -2.04. The molecule has 5 heteroatoms. The Balaban J connectivity index is 2.83. The molecule has 0 saturated carbocycles. The molecule has 3 N–H and O–H groups in total. The van der Waals surface area contributed by atoms with Gasteiger partial charge in [0.25, 0.3) is 5.56 Å². The highest BCUT2D eigenvalue weighted by Crippen LogP contribution is 2.28. The van der Waals surface area contributed by atoms with E-state index in [0.29, 0.717) is 11.3 Å². The van der Waals surface area contributed by atoms with E-state index in [9.17, 15) is 15.0 Å². The summed E-state index contributed by atoms with van der Waals surface area (Å²) in [6.45, 7) is 5.78. The molecule has 90 valence electrons. The Morgan fingerprint density at radius 2 is 1.76 bits per heavy atom. The monoisotopic (exact) mass is 234 g/mol. The smallest absolute Gasteiger partial charge is 0.258 e. The van der Waals surface area contributed by atoms with Crippen LogP contribution in [0.25, 0.3) is 10.9 Å². The molecule has 1 heterocycles. The Morgan fingerprint density at radius 3 is 2.35 bits per heavy atom. The molecule has 17 heavy (non-hydrogen) atoms. The Labute approximate surface area is 97.8 Å². The van der Waals surface area contributed by atoms with Gasteiger partial charge in [0.2, 0.25) is 0 Å². The van der Waals surface area contributed by atoms with Gasteiger partial charge < -0.3 is 15.2 Å². The first-order valence-corrected chi connectivity index (χ1v) is 5.25. The average Bonchev–Trinajstić information content (AvgIpc) is 2.19. The Kier molecular flexibility index (Phi) is 2.34. The van der Waals surface area contributed by atoms with Crippen molar-refractivity contribution in [2.45, 2.75) is 26.2 Å². The van der Waals surface area contributed by atoms with Gasteiger partial charge in [-0.3, -0.25) is 4.79 Å². The van der Waals surface area contributed by atoms with Crippen molar-refractivity contribution >= 4 is 10.9 Å². The molecule has 0 unspecified atom stereocenters. The van der Waals surface area contributed by atoms with Gasteiger partial charge in [-0.15, -0.1) is 0 Å². The zero-order valence-electron chi connectivity index (χ0n) is 9.90. The summed E-state index contributed by atoms with van der Waals surface area (Å²) in [5.74, 6) is -0.0659. The van der Waals surface area contributed by atoms with Gasteiger partial charge in [-0.2, -0.15) is 0 Å². The second-order valence-corrected chi connectivity index (χ2v) is 5.02. The lowest BCUT2D eigenvalue weighted by Crippen LogP contribution is -2.22. The van der Waals surface area contributed by atoms with Crippen LogP contribution in [0.1, 0.15) is 26.6 Å². The number of fused-ring (bicyclic) bond motifs is 1. The summed E-state index contributed by atoms with van der Waals surface area (Å²) in [6.07, 6.45) is 0. The minimum Gasteiger partial charge on any atom is -0.504 e. The third-order valence-electron chi connectivity index (χ3n) is 2.51. The molecule has 1 aromatic heterocycles. The van der Waals surface area contributed by atoms with Crippen molar-refractivity contribution in [2.24, 2.45) is 0 Å². The lowest BCUT2D eigenvalue weighted by Gasteiger charge is -2.17. The van der Waals surface area contributed by atoms with Crippen molar-refractivity contribution in [1.29, 1.82) is 0 Å². The van der Waals surface area contributed by atoms with Crippen molar-refractivity contribution in [2.75, 3.05) is 0 Å². The van der Waals surface area contributed by atoms with Gasteiger partial charge in [0.15, 0.2) is 11.5 Å². The molecular weight excluding hydrogens is 220 g/mol. The summed E-state index contributed by atoms with van der Waals surface area (Å²) >= 11 is 0. The molecule has 0 amide bonds. The van der Waals surface area contributed by atoms with Crippen LogP contribution < -0.4 is 5.56 Å². The summed E-state index contributed by atoms with van der Waals surface area (Å²) in [5.41, 5.74) is -0.245. The van der Waals surface area contributed by atoms with Crippen LogP contribution in [-0.4, -0.2) is 20.2 Å². The third kappa shape index (κ3) is 1.95. The van der Waals surface area contributed by atoms with Crippen LogP contribution in [0.2, 0.25) is 0 Å². The van der Waals surface area contributed by atoms with Crippen LogP contribution in [0.15, 0.2) is 16.9 Å². The summed E-state index contributed by atoms with van der Waals surface area (Å²) in [4.78, 5) is 18.8. The molecule has 1 aromatic carbocycles. The van der Waals surface area contributed by atoms with Crippen LogP contribution >= 0.6 is 0 Å². The number of rotatable bonds is 0. The highest BCUT2D eigenvalue weighted by Gasteiger charge is 2.18. The molecule has 0 bridgehead atoms. The molecule has 0 aliphatic heterocycles. The lowest BCUT2D eigenvalue weighted by atomic mass is 9.95. The summed E-state index contributed by atoms with van der Waals surface area (Å²) in [5, 5.41) is 19.0. The number of hydrogen-bond donors (Lipinski definition) is 3. The number of aromatic nitrogens is 2. The molecule has 0 fully saturated rings. The minimum atomic E-state index is -0.326. The van der Waals surface area contributed by atoms with Gasteiger partial charge in [-0.1, -0.05) is 20.8 Å². The largest absolute Gasteiger partial charge is 0.504 e. The van der Waals surface area contributed by atoms with Crippen LogP contribution in [0.5, 0.6) is 11.5 Å². The Bertz CT molecular complexity index is 638. The van der Waals surface area contributed by atoms with Gasteiger partial charge in [0.05, 0.1) is 10.9 Å². The minimum absolute atomic E-state index is 0.258. The Morgan fingerprint density at radius 1 is 1.18 bits per heavy atom. The van der Waals surface area contributed by atoms with E-state index in [1.54, 1.807) is 0 Å². The number of phenolic OH excluding ortho intramolecular Hbond substituents is 2. The number of nitrogens with one attached hydrogen (secondary N) is 1. The molecule has 0 atom stereocenters. The van der Waals surface area contributed by atoms with Crippen LogP contribution in [0.4, 0.5) is 0 Å². The van der Waals surface area contributed by atoms with Crippen LogP contribution in [-0.2, 0) is 5.41 Å². The predicted molar refractivity (Wildman–Crippen MR) is 64.4 cm³/mol. The van der Waals surface area contributed by atoms with Crippen molar-refractivity contribution < 1.29 is 10.2 Å². The second kappa shape index (κ2) is 3.48. The summed E-state index contributed by atoms with van der Waals surface area (Å²) < 4.78 is 0. The zero-order valence-corrected chi connectivity index (χ0v) is 9.90. The standard InChI is InChI=1S/C12H14N2O3/c1-12(2,3)11-13-7-5-9(16)8(15)4-6(7)10(17)14-11/h4-5,15-16H,1-3H3,(H,13,14,17). The number of H-pyrrole nitrogens is 1. The molecule has 2 rings (SSSR count). The predicted octanol–water partition coefficient (Wildman–Crippen LogP) is 1.63. The molecule has 0 aliphatic carbocycles. The molecule has 5 nitrogen and oxygen atoms in total. The first-order chi connectivity index (χ1) is 7.79. The summed E-state index contributed by atoms with van der Waals surface area (Å²) in [6, 6.07) is 2.50. The number of benzene rings is 1. The van der Waals surface area contributed by atoms with Gasteiger partial charge >= 0.3 is 0 Å². The lowest BCUT2D eigenvalue weighted by molar-refractivity contribution is 0.404. The van der Waals surface area contributed by atoms with E-state index in [2.05, 4.69) is 9.97 Å². The van der Waals surface area contributed by atoms with Gasteiger partial charge in [-0.25, -0.2) is 4.98 Å². The van der Waals surface area contributed by atoms with Crippen molar-refractivity contribution in [3.8, 4) is 11.5 Å². The number of aromatic hydroxyl groups is 2. The first-order valence-electron chi connectivity index (χ1n) is 5.25. The number of aromatic amines is 1. The van der Waals surface area contributed by atoms with Crippen molar-refractivity contribution in [3.63, 3.8) is 0 Å². The zero-order chi connectivity index (χ0) is 12.8. The highest BCUT2D eigenvalue weighted by molar-refractivity contribution is 5.81. The van der Waals surface area contributed by atoms with E-state index in [1.165, 1.54) is 12.1 Å².